The molecule has 5 nitrogen and oxygen atoms in total. The van der Waals surface area contributed by atoms with Crippen molar-refractivity contribution >= 4 is 28.3 Å². The molecule has 0 radical (unpaired) electrons. The lowest BCUT2D eigenvalue weighted by molar-refractivity contribution is -0.136. The van der Waals surface area contributed by atoms with E-state index >= 15 is 0 Å². The number of nitrogens with one attached hydrogen (secondary N) is 1. The van der Waals surface area contributed by atoms with E-state index in [2.05, 4.69) is 5.32 Å². The molecule has 1 N–H and O–H groups in total. The summed E-state index contributed by atoms with van der Waals surface area (Å²) in [4.78, 5) is 28.0. The van der Waals surface area contributed by atoms with E-state index in [9.17, 15) is 9.59 Å². The Morgan fingerprint density at radius 3 is 2.65 bits per heavy atom. The Kier molecular flexibility index (Phi) is 4.30. The molecule has 2 amide bonds. The van der Waals surface area contributed by atoms with Crippen LogP contribution in [0, 0.1) is 0 Å². The van der Waals surface area contributed by atoms with Gasteiger partial charge in [0.1, 0.15) is 0 Å². The molecule has 1 heterocycles. The van der Waals surface area contributed by atoms with E-state index in [1.807, 2.05) is 54.3 Å². The van der Waals surface area contributed by atoms with Crippen molar-refractivity contribution in [1.29, 1.82) is 0 Å². The normalized spacial score (nSPS) is 17.3. The Bertz CT molecular complexity index is 739. The minimum atomic E-state index is -0.341. The smallest absolute Gasteiger partial charge is 0.241 e. The fourth-order valence-corrected chi connectivity index (χ4v) is 2.84. The van der Waals surface area contributed by atoms with Crippen molar-refractivity contribution in [3.8, 4) is 0 Å². The summed E-state index contributed by atoms with van der Waals surface area (Å²) < 4.78 is 0. The maximum Gasteiger partial charge on any atom is 0.241 e. The summed E-state index contributed by atoms with van der Waals surface area (Å²) in [6, 6.07) is 13.5. The van der Waals surface area contributed by atoms with Crippen LogP contribution in [-0.4, -0.2) is 54.3 Å². The second-order valence-corrected chi connectivity index (χ2v) is 5.98. The number of carbonyl (C=O) groups excluding carboxylic acids is 2. The molecule has 5 heteroatoms. The number of anilines is 1. The van der Waals surface area contributed by atoms with Crippen molar-refractivity contribution in [1.82, 2.24) is 9.80 Å². The third-order valence-electron chi connectivity index (χ3n) is 4.46. The predicted molar refractivity (Wildman–Crippen MR) is 91.2 cm³/mol. The monoisotopic (exact) mass is 311 g/mol. The highest BCUT2D eigenvalue weighted by atomic mass is 16.2. The molecule has 120 valence electrons. The molecule has 1 aliphatic heterocycles. The van der Waals surface area contributed by atoms with Crippen LogP contribution < -0.4 is 5.32 Å². The topological polar surface area (TPSA) is 52.7 Å². The average Bonchev–Trinajstić information content (AvgIpc) is 2.57. The zero-order valence-electron chi connectivity index (χ0n) is 13.5. The molecule has 0 aromatic heterocycles. The van der Waals surface area contributed by atoms with Gasteiger partial charge in [-0.2, -0.15) is 0 Å². The lowest BCUT2D eigenvalue weighted by Crippen LogP contribution is -2.54. The fourth-order valence-electron chi connectivity index (χ4n) is 2.84. The van der Waals surface area contributed by atoms with Crippen molar-refractivity contribution in [3.05, 3.63) is 42.5 Å². The van der Waals surface area contributed by atoms with Crippen LogP contribution in [-0.2, 0) is 9.59 Å². The van der Waals surface area contributed by atoms with Gasteiger partial charge in [-0.3, -0.25) is 14.5 Å². The quantitative estimate of drug-likeness (QED) is 0.942. The third-order valence-corrected chi connectivity index (χ3v) is 4.46. The zero-order valence-corrected chi connectivity index (χ0v) is 13.5. The molecule has 2 aromatic carbocycles. The molecular weight excluding hydrogens is 290 g/mol. The molecule has 1 fully saturated rings. The van der Waals surface area contributed by atoms with Gasteiger partial charge in [-0.1, -0.05) is 36.4 Å². The van der Waals surface area contributed by atoms with Crippen LogP contribution in [0.3, 0.4) is 0 Å². The summed E-state index contributed by atoms with van der Waals surface area (Å²) in [5.41, 5.74) is 0.806. The second kappa shape index (κ2) is 6.38. The Morgan fingerprint density at radius 1 is 1.13 bits per heavy atom. The van der Waals surface area contributed by atoms with Crippen LogP contribution in [0.5, 0.6) is 0 Å². The molecular formula is C18H21N3O2. The number of benzene rings is 2. The lowest BCUT2D eigenvalue weighted by atomic mass is 10.1. The molecule has 3 rings (SSSR count). The van der Waals surface area contributed by atoms with Gasteiger partial charge < -0.3 is 10.2 Å². The van der Waals surface area contributed by atoms with Gasteiger partial charge in [-0.25, -0.2) is 0 Å². The molecule has 1 aliphatic rings. The first-order valence-electron chi connectivity index (χ1n) is 7.83. The maximum absolute atomic E-state index is 12.6. The summed E-state index contributed by atoms with van der Waals surface area (Å²) >= 11 is 0. The van der Waals surface area contributed by atoms with Gasteiger partial charge in [-0.05, 0) is 18.4 Å². The van der Waals surface area contributed by atoms with Crippen LogP contribution in [0.4, 0.5) is 5.69 Å². The number of fused-ring (bicyclic) bond motifs is 1. The first-order valence-corrected chi connectivity index (χ1v) is 7.83. The zero-order chi connectivity index (χ0) is 16.4. The Labute approximate surface area is 135 Å². The Balaban J connectivity index is 1.74. The van der Waals surface area contributed by atoms with E-state index in [0.29, 0.717) is 19.6 Å². The molecule has 23 heavy (non-hydrogen) atoms. The van der Waals surface area contributed by atoms with Crippen LogP contribution in [0.1, 0.15) is 6.92 Å². The molecule has 1 atom stereocenters. The van der Waals surface area contributed by atoms with E-state index in [1.54, 1.807) is 11.9 Å². The van der Waals surface area contributed by atoms with Crippen molar-refractivity contribution in [2.24, 2.45) is 0 Å². The van der Waals surface area contributed by atoms with Crippen LogP contribution >= 0.6 is 0 Å². The highest BCUT2D eigenvalue weighted by molar-refractivity contribution is 6.03. The number of likely N-dealkylation sites (N-methyl/N-ethyl adjacent to an activating group) is 1. The fraction of sp³-hybridized carbons (Fsp3) is 0.333. The van der Waals surface area contributed by atoms with E-state index in [0.717, 1.165) is 16.5 Å². The van der Waals surface area contributed by atoms with Crippen molar-refractivity contribution in [2.75, 3.05) is 32.0 Å². The molecule has 0 bridgehead atoms. The van der Waals surface area contributed by atoms with Crippen molar-refractivity contribution < 1.29 is 9.59 Å². The van der Waals surface area contributed by atoms with E-state index < -0.39 is 0 Å². The number of hydrogen-bond donors (Lipinski definition) is 1. The Hall–Kier alpha value is -2.40. The number of hydrogen-bond acceptors (Lipinski definition) is 3. The first kappa shape index (κ1) is 15.5. The minimum absolute atomic E-state index is 0.0565. The number of carbonyl (C=O) groups is 2. The second-order valence-electron chi connectivity index (χ2n) is 5.98. The van der Waals surface area contributed by atoms with Gasteiger partial charge in [0.05, 0.1) is 12.6 Å². The van der Waals surface area contributed by atoms with E-state index in [4.69, 9.17) is 0 Å². The van der Waals surface area contributed by atoms with Crippen LogP contribution in [0.2, 0.25) is 0 Å². The molecule has 0 spiro atoms. The molecule has 0 aliphatic carbocycles. The summed E-state index contributed by atoms with van der Waals surface area (Å²) in [5, 5.41) is 5.11. The van der Waals surface area contributed by atoms with Gasteiger partial charge >= 0.3 is 0 Å². The number of amides is 2. The van der Waals surface area contributed by atoms with Gasteiger partial charge in [0, 0.05) is 31.2 Å². The lowest BCUT2D eigenvalue weighted by Gasteiger charge is -2.35. The minimum Gasteiger partial charge on any atom is -0.343 e. The van der Waals surface area contributed by atoms with Gasteiger partial charge in [0.15, 0.2) is 0 Å². The summed E-state index contributed by atoms with van der Waals surface area (Å²) in [6.45, 7) is 3.51. The molecule has 0 saturated carbocycles. The van der Waals surface area contributed by atoms with E-state index in [1.165, 1.54) is 0 Å². The summed E-state index contributed by atoms with van der Waals surface area (Å²) in [6.07, 6.45) is 0. The number of piperazine rings is 1. The standard InChI is InChI=1S/C18H21N3O2/c1-13(21-11-10-20(2)17(22)12-21)18(23)19-16-9-5-7-14-6-3-4-8-15(14)16/h3-9,13H,10-12H2,1-2H3,(H,19,23). The average molecular weight is 311 g/mol. The van der Waals surface area contributed by atoms with Gasteiger partial charge in [0.2, 0.25) is 11.8 Å². The van der Waals surface area contributed by atoms with Crippen molar-refractivity contribution in [2.45, 2.75) is 13.0 Å². The highest BCUT2D eigenvalue weighted by Crippen LogP contribution is 2.23. The van der Waals surface area contributed by atoms with Crippen molar-refractivity contribution in [3.63, 3.8) is 0 Å². The number of rotatable bonds is 3. The maximum atomic E-state index is 12.6. The third kappa shape index (κ3) is 3.19. The summed E-state index contributed by atoms with van der Waals surface area (Å²) in [5.74, 6) is -0.0280. The van der Waals surface area contributed by atoms with Crippen LogP contribution in [0.15, 0.2) is 42.5 Å². The van der Waals surface area contributed by atoms with E-state index in [-0.39, 0.29) is 17.9 Å². The van der Waals surface area contributed by atoms with Crippen LogP contribution in [0.25, 0.3) is 10.8 Å². The predicted octanol–water partition coefficient (Wildman–Crippen LogP) is 1.94. The SMILES string of the molecule is CC(C(=O)Nc1cccc2ccccc12)N1CCN(C)C(=O)C1. The highest BCUT2D eigenvalue weighted by Gasteiger charge is 2.28. The number of nitrogens with zero attached hydrogens (tertiary/aromatic N) is 2. The van der Waals surface area contributed by atoms with Gasteiger partial charge in [-0.15, -0.1) is 0 Å². The largest absolute Gasteiger partial charge is 0.343 e. The molecule has 1 unspecified atom stereocenters. The molecule has 1 saturated heterocycles. The Morgan fingerprint density at radius 2 is 1.87 bits per heavy atom. The summed E-state index contributed by atoms with van der Waals surface area (Å²) in [7, 11) is 1.79. The molecule has 2 aromatic rings. The van der Waals surface area contributed by atoms with Gasteiger partial charge in [0.25, 0.3) is 0 Å². The first-order chi connectivity index (χ1) is 11.1.